The van der Waals surface area contributed by atoms with E-state index in [0.717, 1.165) is 28.2 Å². The van der Waals surface area contributed by atoms with Crippen molar-refractivity contribution in [3.63, 3.8) is 0 Å². The number of halogens is 2. The summed E-state index contributed by atoms with van der Waals surface area (Å²) < 4.78 is 15.0. The molecular formula is C23H26ClFN4O. The minimum absolute atomic E-state index is 0.0354. The average Bonchev–Trinajstić information content (AvgIpc) is 2.98. The fourth-order valence-corrected chi connectivity index (χ4v) is 3.78. The van der Waals surface area contributed by atoms with Crippen LogP contribution in [0.3, 0.4) is 0 Å². The second-order valence-corrected chi connectivity index (χ2v) is 7.93. The Morgan fingerprint density at radius 2 is 1.83 bits per heavy atom. The Hall–Kier alpha value is -2.70. The van der Waals surface area contributed by atoms with Crippen molar-refractivity contribution in [1.29, 1.82) is 0 Å². The van der Waals surface area contributed by atoms with Crippen molar-refractivity contribution in [2.75, 3.05) is 20.6 Å². The normalized spacial score (nSPS) is 12.2. The highest BCUT2D eigenvalue weighted by Gasteiger charge is 2.20. The Balaban J connectivity index is 1.72. The molecule has 1 N–H and O–H groups in total. The van der Waals surface area contributed by atoms with E-state index >= 15 is 0 Å². The first-order valence-electron chi connectivity index (χ1n) is 9.76. The topological polar surface area (TPSA) is 50.2 Å². The van der Waals surface area contributed by atoms with Crippen LogP contribution in [-0.4, -0.2) is 41.2 Å². The molecule has 0 radical (unpaired) electrons. The smallest absolute Gasteiger partial charge is 0.224 e. The van der Waals surface area contributed by atoms with Crippen molar-refractivity contribution < 1.29 is 9.18 Å². The van der Waals surface area contributed by atoms with E-state index in [-0.39, 0.29) is 24.2 Å². The Morgan fingerprint density at radius 1 is 1.17 bits per heavy atom. The van der Waals surface area contributed by atoms with E-state index in [1.165, 1.54) is 12.1 Å². The standard InChI is InChI=1S/C23H26ClFN4O/c1-15-20(16(2)29(27-15)18-11-9-17(25)10-12-18)13-23(30)26-14-22(28(3)4)19-7-5-6-8-21(19)24/h5-12,22H,13-14H2,1-4H3,(H,26,30). The predicted octanol–water partition coefficient (Wildman–Crippen LogP) is 4.24. The molecule has 30 heavy (non-hydrogen) atoms. The number of rotatable bonds is 7. The Morgan fingerprint density at radius 3 is 2.47 bits per heavy atom. The molecule has 0 saturated heterocycles. The molecule has 0 fully saturated rings. The second kappa shape index (κ2) is 9.41. The summed E-state index contributed by atoms with van der Waals surface area (Å²) in [4.78, 5) is 14.7. The number of nitrogens with one attached hydrogen (secondary N) is 1. The number of aromatic nitrogens is 2. The monoisotopic (exact) mass is 428 g/mol. The molecule has 0 aliphatic rings. The van der Waals surface area contributed by atoms with Crippen molar-refractivity contribution in [1.82, 2.24) is 20.0 Å². The third kappa shape index (κ3) is 4.89. The maximum Gasteiger partial charge on any atom is 0.224 e. The molecule has 1 atom stereocenters. The lowest BCUT2D eigenvalue weighted by molar-refractivity contribution is -0.120. The third-order valence-electron chi connectivity index (χ3n) is 5.23. The van der Waals surface area contributed by atoms with Gasteiger partial charge in [0, 0.05) is 22.8 Å². The maximum atomic E-state index is 13.2. The predicted molar refractivity (Wildman–Crippen MR) is 118 cm³/mol. The van der Waals surface area contributed by atoms with Gasteiger partial charge in [0.1, 0.15) is 5.82 Å². The number of carbonyl (C=O) groups excluding carboxylic acids is 1. The summed E-state index contributed by atoms with van der Waals surface area (Å²) in [6.45, 7) is 4.24. The number of carbonyl (C=O) groups is 1. The van der Waals surface area contributed by atoms with E-state index in [2.05, 4.69) is 10.4 Å². The van der Waals surface area contributed by atoms with Gasteiger partial charge in [0.2, 0.25) is 5.91 Å². The van der Waals surface area contributed by atoms with Gasteiger partial charge in [-0.15, -0.1) is 0 Å². The van der Waals surface area contributed by atoms with Crippen LogP contribution in [0.15, 0.2) is 48.5 Å². The minimum atomic E-state index is -0.297. The van der Waals surface area contributed by atoms with E-state index in [1.807, 2.05) is 57.1 Å². The summed E-state index contributed by atoms with van der Waals surface area (Å²) >= 11 is 6.35. The summed E-state index contributed by atoms with van der Waals surface area (Å²) in [6.07, 6.45) is 0.224. The average molecular weight is 429 g/mol. The highest BCUT2D eigenvalue weighted by Crippen LogP contribution is 2.25. The lowest BCUT2D eigenvalue weighted by atomic mass is 10.1. The first-order valence-corrected chi connectivity index (χ1v) is 10.1. The van der Waals surface area contributed by atoms with E-state index in [1.54, 1.807) is 16.8 Å². The van der Waals surface area contributed by atoms with Gasteiger partial charge in [-0.05, 0) is 63.8 Å². The number of benzene rings is 2. The molecular weight excluding hydrogens is 403 g/mol. The van der Waals surface area contributed by atoms with E-state index in [4.69, 9.17) is 11.6 Å². The van der Waals surface area contributed by atoms with Gasteiger partial charge in [-0.25, -0.2) is 9.07 Å². The van der Waals surface area contributed by atoms with Gasteiger partial charge in [-0.2, -0.15) is 5.10 Å². The maximum absolute atomic E-state index is 13.2. The second-order valence-electron chi connectivity index (χ2n) is 7.52. The highest BCUT2D eigenvalue weighted by atomic mass is 35.5. The molecule has 0 spiro atoms. The van der Waals surface area contributed by atoms with Gasteiger partial charge in [-0.3, -0.25) is 4.79 Å². The first-order chi connectivity index (χ1) is 14.3. The minimum Gasteiger partial charge on any atom is -0.354 e. The Kier molecular flexibility index (Phi) is 6.90. The first kappa shape index (κ1) is 22.0. The van der Waals surface area contributed by atoms with Crippen LogP contribution < -0.4 is 5.32 Å². The third-order valence-corrected chi connectivity index (χ3v) is 5.57. The molecule has 1 amide bonds. The van der Waals surface area contributed by atoms with Crippen molar-refractivity contribution in [2.45, 2.75) is 26.3 Å². The van der Waals surface area contributed by atoms with Crippen molar-refractivity contribution in [3.05, 3.63) is 81.9 Å². The molecule has 0 saturated carbocycles. The van der Waals surface area contributed by atoms with Crippen LogP contribution in [0.4, 0.5) is 4.39 Å². The van der Waals surface area contributed by atoms with Crippen LogP contribution in [0.1, 0.15) is 28.6 Å². The van der Waals surface area contributed by atoms with Crippen LogP contribution in [0.2, 0.25) is 5.02 Å². The largest absolute Gasteiger partial charge is 0.354 e. The lowest BCUT2D eigenvalue weighted by Gasteiger charge is -2.26. The SMILES string of the molecule is Cc1nn(-c2ccc(F)cc2)c(C)c1CC(=O)NCC(c1ccccc1Cl)N(C)C. The highest BCUT2D eigenvalue weighted by molar-refractivity contribution is 6.31. The quantitative estimate of drug-likeness (QED) is 0.612. The van der Waals surface area contributed by atoms with Gasteiger partial charge in [0.15, 0.2) is 0 Å². The molecule has 0 aliphatic heterocycles. The summed E-state index contributed by atoms with van der Waals surface area (Å²) in [6, 6.07) is 13.8. The summed E-state index contributed by atoms with van der Waals surface area (Å²) in [5.74, 6) is -0.382. The van der Waals surface area contributed by atoms with Gasteiger partial charge in [-0.1, -0.05) is 29.8 Å². The number of hydrogen-bond acceptors (Lipinski definition) is 3. The molecule has 158 valence electrons. The fraction of sp³-hybridized carbons (Fsp3) is 0.304. The number of nitrogens with zero attached hydrogens (tertiary/aromatic N) is 3. The summed E-state index contributed by atoms with van der Waals surface area (Å²) in [5.41, 5.74) is 4.25. The molecule has 3 rings (SSSR count). The Labute approximate surface area is 181 Å². The van der Waals surface area contributed by atoms with Gasteiger partial charge in [0.25, 0.3) is 0 Å². The van der Waals surface area contributed by atoms with Crippen molar-refractivity contribution in [3.8, 4) is 5.69 Å². The van der Waals surface area contributed by atoms with E-state index in [9.17, 15) is 9.18 Å². The molecule has 3 aromatic rings. The van der Waals surface area contributed by atoms with Crippen LogP contribution in [0.5, 0.6) is 0 Å². The molecule has 1 unspecified atom stereocenters. The zero-order valence-corrected chi connectivity index (χ0v) is 18.4. The molecule has 2 aromatic carbocycles. The number of likely N-dealkylation sites (N-methyl/N-ethyl adjacent to an activating group) is 1. The van der Waals surface area contributed by atoms with Gasteiger partial charge in [0.05, 0.1) is 23.8 Å². The van der Waals surface area contributed by atoms with Crippen molar-refractivity contribution in [2.24, 2.45) is 0 Å². The van der Waals surface area contributed by atoms with Crippen LogP contribution in [0.25, 0.3) is 5.69 Å². The molecule has 0 aliphatic carbocycles. The number of hydrogen-bond donors (Lipinski definition) is 1. The fourth-order valence-electron chi connectivity index (χ4n) is 3.51. The molecule has 1 heterocycles. The summed E-state index contributed by atoms with van der Waals surface area (Å²) in [7, 11) is 3.92. The number of aryl methyl sites for hydroxylation is 1. The Bertz CT molecular complexity index is 1030. The zero-order chi connectivity index (χ0) is 21.8. The zero-order valence-electron chi connectivity index (χ0n) is 17.6. The number of amides is 1. The van der Waals surface area contributed by atoms with E-state index in [0.29, 0.717) is 11.6 Å². The van der Waals surface area contributed by atoms with Gasteiger partial charge >= 0.3 is 0 Å². The molecule has 0 bridgehead atoms. The molecule has 5 nitrogen and oxygen atoms in total. The van der Waals surface area contributed by atoms with Crippen LogP contribution >= 0.6 is 11.6 Å². The van der Waals surface area contributed by atoms with Crippen LogP contribution in [0, 0.1) is 19.7 Å². The van der Waals surface area contributed by atoms with E-state index < -0.39 is 0 Å². The molecule has 7 heteroatoms. The van der Waals surface area contributed by atoms with Crippen molar-refractivity contribution >= 4 is 17.5 Å². The lowest BCUT2D eigenvalue weighted by Crippen LogP contribution is -2.35. The van der Waals surface area contributed by atoms with Crippen LogP contribution in [-0.2, 0) is 11.2 Å². The summed E-state index contributed by atoms with van der Waals surface area (Å²) in [5, 5.41) is 8.24. The molecule has 1 aromatic heterocycles. The van der Waals surface area contributed by atoms with Gasteiger partial charge < -0.3 is 10.2 Å².